The van der Waals surface area contributed by atoms with Gasteiger partial charge in [0.25, 0.3) is 0 Å². The van der Waals surface area contributed by atoms with E-state index in [1.807, 2.05) is 0 Å². The molecule has 0 aromatic heterocycles. The van der Waals surface area contributed by atoms with Gasteiger partial charge in [-0.1, -0.05) is 0 Å². The van der Waals surface area contributed by atoms with E-state index >= 15 is 0 Å². The van der Waals surface area contributed by atoms with Crippen LogP contribution in [0.4, 0.5) is 13.2 Å². The van der Waals surface area contributed by atoms with E-state index in [1.165, 1.54) is 0 Å². The number of aliphatic carboxylic acids is 1. The Morgan fingerprint density at radius 1 is 1.60 bits per heavy atom. The first-order valence-corrected chi connectivity index (χ1v) is 2.49. The normalized spacial score (nSPS) is 31.9. The molecule has 2 unspecified atom stereocenters. The van der Waals surface area contributed by atoms with Crippen molar-refractivity contribution in [1.82, 2.24) is 4.90 Å². The largest absolute Gasteiger partial charge is 0.480 e. The molecule has 1 fully saturated rings. The predicted molar refractivity (Wildman–Crippen MR) is 24.2 cm³/mol. The van der Waals surface area contributed by atoms with Crippen molar-refractivity contribution in [2.24, 2.45) is 0 Å². The topological polar surface area (TPSA) is 40.3 Å². The smallest absolute Gasteiger partial charge is 0.460 e. The molecule has 3 nitrogen and oxygen atoms in total. The van der Waals surface area contributed by atoms with Crippen molar-refractivity contribution >= 4 is 5.97 Å². The van der Waals surface area contributed by atoms with Crippen molar-refractivity contribution in [3.05, 3.63) is 0 Å². The van der Waals surface area contributed by atoms with Gasteiger partial charge in [-0.05, 0) is 0 Å². The van der Waals surface area contributed by atoms with Crippen LogP contribution in [0.3, 0.4) is 0 Å². The molecule has 1 aliphatic rings. The second-order valence-corrected chi connectivity index (χ2v) is 1.97. The van der Waals surface area contributed by atoms with Crippen LogP contribution in [0.1, 0.15) is 0 Å². The zero-order valence-corrected chi connectivity index (χ0v) is 4.72. The highest BCUT2D eigenvalue weighted by atomic mass is 19.4. The summed E-state index contributed by atoms with van der Waals surface area (Å²) in [7, 11) is 0. The van der Waals surface area contributed by atoms with E-state index in [4.69, 9.17) is 5.11 Å². The number of carboxylic acids is 1. The van der Waals surface area contributed by atoms with Crippen LogP contribution in [0.25, 0.3) is 0 Å². The number of hydrogen-bond donors (Lipinski definition) is 1. The molecule has 1 aliphatic heterocycles. The van der Waals surface area contributed by atoms with Crippen LogP contribution in [0, 0.1) is 0 Å². The molecular weight excluding hydrogens is 151 g/mol. The first kappa shape index (κ1) is 7.33. The van der Waals surface area contributed by atoms with Crippen LogP contribution >= 0.6 is 0 Å². The molecule has 1 rings (SSSR count). The van der Waals surface area contributed by atoms with E-state index in [-0.39, 0.29) is 4.90 Å². The van der Waals surface area contributed by atoms with Crippen molar-refractivity contribution in [1.29, 1.82) is 0 Å². The predicted octanol–water partition coefficient (Wildman–Crippen LogP) is 0.275. The molecule has 0 bridgehead atoms. The Bertz CT molecular complexity index is 166. The van der Waals surface area contributed by atoms with E-state index in [2.05, 4.69) is 0 Å². The lowest BCUT2D eigenvalue weighted by Gasteiger charge is -2.04. The minimum absolute atomic E-state index is 0.0463. The summed E-state index contributed by atoms with van der Waals surface area (Å²) in [4.78, 5) is 9.83. The number of carbonyl (C=O) groups is 1. The molecule has 6 heteroatoms. The molecular formula is C4H4F3NO2. The van der Waals surface area contributed by atoms with Gasteiger partial charge < -0.3 is 5.11 Å². The summed E-state index contributed by atoms with van der Waals surface area (Å²) in [5.41, 5.74) is 0. The number of carboxylic acid groups (broad SMARTS) is 1. The number of alkyl halides is 3. The molecule has 0 radical (unpaired) electrons. The maximum absolute atomic E-state index is 11.5. The summed E-state index contributed by atoms with van der Waals surface area (Å²) >= 11 is 0. The number of nitrogens with zero attached hydrogens (tertiary/aromatic N) is 1. The third-order valence-corrected chi connectivity index (χ3v) is 1.22. The fourth-order valence-corrected chi connectivity index (χ4v) is 0.631. The van der Waals surface area contributed by atoms with Crippen LogP contribution in [-0.4, -0.2) is 34.9 Å². The highest BCUT2D eigenvalue weighted by Gasteiger charge is 2.56. The van der Waals surface area contributed by atoms with Gasteiger partial charge in [0.05, 0.1) is 0 Å². The van der Waals surface area contributed by atoms with Gasteiger partial charge >= 0.3 is 12.3 Å². The molecule has 2 atom stereocenters. The Labute approximate surface area is 54.0 Å². The minimum Gasteiger partial charge on any atom is -0.480 e. The van der Waals surface area contributed by atoms with E-state index in [0.717, 1.165) is 0 Å². The maximum Gasteiger partial charge on any atom is 0.460 e. The third-order valence-electron chi connectivity index (χ3n) is 1.22. The lowest BCUT2D eigenvalue weighted by Crippen LogP contribution is -2.25. The molecule has 10 heavy (non-hydrogen) atoms. The van der Waals surface area contributed by atoms with Crippen LogP contribution in [0.5, 0.6) is 0 Å². The number of hydrogen-bond acceptors (Lipinski definition) is 2. The Morgan fingerprint density at radius 3 is 2.20 bits per heavy atom. The average Bonchev–Trinajstić information content (AvgIpc) is 2.35. The van der Waals surface area contributed by atoms with Gasteiger partial charge in [0, 0.05) is 6.54 Å². The highest BCUT2D eigenvalue weighted by molar-refractivity contribution is 5.76. The molecule has 0 saturated carbocycles. The quantitative estimate of drug-likeness (QED) is 0.436. The van der Waals surface area contributed by atoms with Gasteiger partial charge in [-0.15, -0.1) is 0 Å². The average molecular weight is 155 g/mol. The Balaban J connectivity index is 2.46. The summed E-state index contributed by atoms with van der Waals surface area (Å²) in [6, 6.07) is -1.35. The van der Waals surface area contributed by atoms with Gasteiger partial charge in [-0.3, -0.25) is 4.79 Å². The summed E-state index contributed by atoms with van der Waals surface area (Å²) in [5.74, 6) is -1.42. The van der Waals surface area contributed by atoms with Crippen LogP contribution in [0.15, 0.2) is 0 Å². The van der Waals surface area contributed by atoms with E-state index in [9.17, 15) is 18.0 Å². The Kier molecular flexibility index (Phi) is 1.36. The maximum atomic E-state index is 11.5. The van der Waals surface area contributed by atoms with Crippen LogP contribution in [-0.2, 0) is 4.79 Å². The molecule has 1 heterocycles. The molecule has 1 N–H and O–H groups in total. The van der Waals surface area contributed by atoms with Gasteiger partial charge in [0.15, 0.2) is 0 Å². The summed E-state index contributed by atoms with van der Waals surface area (Å²) in [6.45, 7) is -0.418. The van der Waals surface area contributed by atoms with Gasteiger partial charge in [-0.2, -0.15) is 18.1 Å². The third kappa shape index (κ3) is 1.21. The fraction of sp³-hybridized carbons (Fsp3) is 0.750. The molecule has 0 aromatic rings. The van der Waals surface area contributed by atoms with E-state index < -0.39 is 24.9 Å². The monoisotopic (exact) mass is 155 g/mol. The number of rotatable bonds is 1. The standard InChI is InChI=1S/C4H4F3NO2/c5-4(6,7)8-1-2(8)3(9)10/h2H,1H2,(H,9,10). The van der Waals surface area contributed by atoms with Gasteiger partial charge in [0.1, 0.15) is 6.04 Å². The lowest BCUT2D eigenvalue weighted by atomic mass is 10.5. The zero-order valence-electron chi connectivity index (χ0n) is 4.72. The lowest BCUT2D eigenvalue weighted by molar-refractivity contribution is -0.209. The zero-order chi connectivity index (χ0) is 7.94. The molecule has 1 saturated heterocycles. The van der Waals surface area contributed by atoms with Crippen molar-refractivity contribution < 1.29 is 23.1 Å². The Morgan fingerprint density at radius 2 is 2.10 bits per heavy atom. The van der Waals surface area contributed by atoms with E-state index in [1.54, 1.807) is 0 Å². The number of halogens is 3. The second-order valence-electron chi connectivity index (χ2n) is 1.97. The highest BCUT2D eigenvalue weighted by Crippen LogP contribution is 2.33. The van der Waals surface area contributed by atoms with Gasteiger partial charge in [-0.25, -0.2) is 0 Å². The van der Waals surface area contributed by atoms with Crippen LogP contribution in [0.2, 0.25) is 0 Å². The molecule has 58 valence electrons. The van der Waals surface area contributed by atoms with Crippen molar-refractivity contribution in [3.8, 4) is 0 Å². The molecule has 0 amide bonds. The first-order valence-electron chi connectivity index (χ1n) is 2.49. The summed E-state index contributed by atoms with van der Waals surface area (Å²) in [5, 5.41) is 8.05. The minimum atomic E-state index is -4.48. The van der Waals surface area contributed by atoms with Gasteiger partial charge in [0.2, 0.25) is 0 Å². The fourth-order valence-electron chi connectivity index (χ4n) is 0.631. The van der Waals surface area contributed by atoms with Crippen molar-refractivity contribution in [2.45, 2.75) is 12.3 Å². The van der Waals surface area contributed by atoms with Crippen molar-refractivity contribution in [2.75, 3.05) is 6.54 Å². The molecule has 0 spiro atoms. The van der Waals surface area contributed by atoms with Crippen LogP contribution < -0.4 is 0 Å². The SMILES string of the molecule is O=C(O)C1CN1C(F)(F)F. The molecule has 0 aliphatic carbocycles. The van der Waals surface area contributed by atoms with E-state index in [0.29, 0.717) is 0 Å². The summed E-state index contributed by atoms with van der Waals surface area (Å²) in [6.07, 6.45) is -4.48. The first-order chi connectivity index (χ1) is 4.43. The summed E-state index contributed by atoms with van der Waals surface area (Å²) < 4.78 is 34.5. The Hall–Kier alpha value is -0.780. The second kappa shape index (κ2) is 1.85. The molecule has 0 aromatic carbocycles. The van der Waals surface area contributed by atoms with Crippen molar-refractivity contribution in [3.63, 3.8) is 0 Å².